The normalized spacial score (nSPS) is 12.9. The number of hydrogen-bond acceptors (Lipinski definition) is 5. The highest BCUT2D eigenvalue weighted by molar-refractivity contribution is 7.90. The highest BCUT2D eigenvalue weighted by Crippen LogP contribution is 2.21. The molecule has 1 N–H and O–H groups in total. The Hall–Kier alpha value is -1.44. The Bertz CT molecular complexity index is 697. The summed E-state index contributed by atoms with van der Waals surface area (Å²) < 4.78 is 26.0. The third-order valence-electron chi connectivity index (χ3n) is 2.57. The van der Waals surface area contributed by atoms with Crippen molar-refractivity contribution in [3.8, 4) is 0 Å². The molecule has 0 aliphatic carbocycles. The van der Waals surface area contributed by atoms with E-state index in [1.165, 1.54) is 29.7 Å². The van der Waals surface area contributed by atoms with Crippen LogP contribution in [0.3, 0.4) is 0 Å². The molecule has 1 unspecified atom stereocenters. The lowest BCUT2D eigenvalue weighted by molar-refractivity contribution is -0.120. The Balaban J connectivity index is 2.16. The molecule has 20 heavy (non-hydrogen) atoms. The summed E-state index contributed by atoms with van der Waals surface area (Å²) in [6.45, 7) is 1.64. The van der Waals surface area contributed by atoms with Crippen molar-refractivity contribution in [2.45, 2.75) is 17.9 Å². The molecule has 0 spiro atoms. The largest absolute Gasteiger partial charge is 0.281 e. The van der Waals surface area contributed by atoms with Gasteiger partial charge in [-0.25, -0.2) is 9.71 Å². The number of halogens is 1. The van der Waals surface area contributed by atoms with Crippen LogP contribution in [0.2, 0.25) is 5.02 Å². The van der Waals surface area contributed by atoms with E-state index in [0.717, 1.165) is 4.88 Å². The van der Waals surface area contributed by atoms with Gasteiger partial charge in [0.05, 0.1) is 10.9 Å². The minimum atomic E-state index is -3.98. The van der Waals surface area contributed by atoms with Crippen molar-refractivity contribution in [2.24, 2.45) is 0 Å². The Labute approximate surface area is 125 Å². The molecule has 0 aromatic carbocycles. The van der Waals surface area contributed by atoms with Crippen molar-refractivity contribution in [1.29, 1.82) is 0 Å². The van der Waals surface area contributed by atoms with E-state index in [0.29, 0.717) is 5.02 Å². The molecular weight excluding hydrogens is 320 g/mol. The number of sulfonamides is 1. The van der Waals surface area contributed by atoms with Gasteiger partial charge in [0.2, 0.25) is 5.91 Å². The monoisotopic (exact) mass is 330 g/mol. The molecule has 1 amide bonds. The first-order valence-electron chi connectivity index (χ1n) is 5.62. The van der Waals surface area contributed by atoms with Crippen molar-refractivity contribution >= 4 is 38.9 Å². The zero-order chi connectivity index (χ0) is 14.8. The van der Waals surface area contributed by atoms with E-state index in [1.54, 1.807) is 19.1 Å². The van der Waals surface area contributed by atoms with Gasteiger partial charge in [0.25, 0.3) is 10.0 Å². The number of carbonyl (C=O) groups excluding carboxylic acids is 1. The number of amides is 1. The highest BCUT2D eigenvalue weighted by Gasteiger charge is 2.24. The van der Waals surface area contributed by atoms with Crippen LogP contribution in [0.25, 0.3) is 0 Å². The number of nitrogens with one attached hydrogen (secondary N) is 1. The Morgan fingerprint density at radius 3 is 2.70 bits per heavy atom. The highest BCUT2D eigenvalue weighted by atomic mass is 35.5. The van der Waals surface area contributed by atoms with Gasteiger partial charge in [-0.3, -0.25) is 4.79 Å². The standard InChI is InChI=1S/C12H11ClN2O3S2/c1-8(10-3-2-6-19-10)12(16)15-20(17,18)11-5-4-9(13)7-14-11/h2-8H,1H3,(H,15,16). The summed E-state index contributed by atoms with van der Waals surface area (Å²) >= 11 is 7.04. The van der Waals surface area contributed by atoms with Gasteiger partial charge in [-0.2, -0.15) is 8.42 Å². The van der Waals surface area contributed by atoms with E-state index in [2.05, 4.69) is 4.98 Å². The van der Waals surface area contributed by atoms with Gasteiger partial charge in [0, 0.05) is 11.1 Å². The van der Waals surface area contributed by atoms with Gasteiger partial charge in [-0.15, -0.1) is 11.3 Å². The first kappa shape index (κ1) is 15.0. The molecule has 5 nitrogen and oxygen atoms in total. The number of hydrogen-bond donors (Lipinski definition) is 1. The van der Waals surface area contributed by atoms with Gasteiger partial charge in [-0.1, -0.05) is 17.7 Å². The number of rotatable bonds is 4. The van der Waals surface area contributed by atoms with E-state index in [1.807, 2.05) is 10.1 Å². The third kappa shape index (κ3) is 3.36. The maximum absolute atomic E-state index is 12.0. The molecule has 2 aromatic heterocycles. The molecule has 2 rings (SSSR count). The average Bonchev–Trinajstić information content (AvgIpc) is 2.91. The van der Waals surface area contributed by atoms with Crippen LogP contribution in [0.4, 0.5) is 0 Å². The van der Waals surface area contributed by atoms with Crippen molar-refractivity contribution in [3.63, 3.8) is 0 Å². The Morgan fingerprint density at radius 1 is 1.40 bits per heavy atom. The van der Waals surface area contributed by atoms with Gasteiger partial charge >= 0.3 is 0 Å². The molecule has 0 fully saturated rings. The molecule has 2 aromatic rings. The SMILES string of the molecule is CC(C(=O)NS(=O)(=O)c1ccc(Cl)cn1)c1cccs1. The number of thiophene rings is 1. The minimum Gasteiger partial charge on any atom is -0.273 e. The minimum absolute atomic E-state index is 0.242. The van der Waals surface area contributed by atoms with E-state index >= 15 is 0 Å². The van der Waals surface area contributed by atoms with Crippen molar-refractivity contribution in [2.75, 3.05) is 0 Å². The lowest BCUT2D eigenvalue weighted by Gasteiger charge is -2.10. The second-order valence-electron chi connectivity index (χ2n) is 4.02. The van der Waals surface area contributed by atoms with Crippen molar-refractivity contribution in [3.05, 3.63) is 45.7 Å². The molecule has 0 aliphatic heterocycles. The predicted octanol–water partition coefficient (Wildman–Crippen LogP) is 2.41. The summed E-state index contributed by atoms with van der Waals surface area (Å²) in [5.74, 6) is -1.14. The van der Waals surface area contributed by atoms with Crippen LogP contribution in [0.15, 0.2) is 40.9 Å². The van der Waals surface area contributed by atoms with Crippen molar-refractivity contribution in [1.82, 2.24) is 9.71 Å². The summed E-state index contributed by atoms with van der Waals surface area (Å²) in [7, 11) is -3.98. The summed E-state index contributed by atoms with van der Waals surface area (Å²) in [5, 5.41) is 1.91. The predicted molar refractivity (Wildman–Crippen MR) is 77.3 cm³/mol. The Kier molecular flexibility index (Phi) is 4.42. The smallest absolute Gasteiger partial charge is 0.273 e. The lowest BCUT2D eigenvalue weighted by Crippen LogP contribution is -2.34. The average molecular weight is 331 g/mol. The van der Waals surface area contributed by atoms with E-state index < -0.39 is 21.8 Å². The Morgan fingerprint density at radius 2 is 2.15 bits per heavy atom. The number of aromatic nitrogens is 1. The second-order valence-corrected chi connectivity index (χ2v) is 7.07. The summed E-state index contributed by atoms with van der Waals surface area (Å²) in [6, 6.07) is 6.23. The first-order chi connectivity index (χ1) is 9.40. The topological polar surface area (TPSA) is 76.1 Å². The fourth-order valence-corrected chi connectivity index (χ4v) is 3.34. The number of carbonyl (C=O) groups is 1. The fraction of sp³-hybridized carbons (Fsp3) is 0.167. The van der Waals surface area contributed by atoms with Gasteiger partial charge < -0.3 is 0 Å². The summed E-state index contributed by atoms with van der Waals surface area (Å²) in [4.78, 5) is 16.4. The molecule has 2 heterocycles. The molecule has 0 bridgehead atoms. The van der Waals surface area contributed by atoms with Gasteiger partial charge in [0.1, 0.15) is 0 Å². The zero-order valence-electron chi connectivity index (χ0n) is 10.4. The summed E-state index contributed by atoms with van der Waals surface area (Å²) in [6.07, 6.45) is 1.21. The molecule has 0 radical (unpaired) electrons. The molecule has 0 saturated carbocycles. The van der Waals surface area contributed by atoms with Crippen LogP contribution in [0.5, 0.6) is 0 Å². The molecule has 0 aliphatic rings. The molecule has 8 heteroatoms. The lowest BCUT2D eigenvalue weighted by atomic mass is 10.1. The maximum atomic E-state index is 12.0. The van der Waals surface area contributed by atoms with Crippen LogP contribution in [-0.2, 0) is 14.8 Å². The van der Waals surface area contributed by atoms with Crippen LogP contribution >= 0.6 is 22.9 Å². The first-order valence-corrected chi connectivity index (χ1v) is 8.36. The summed E-state index contributed by atoms with van der Waals surface area (Å²) in [5.41, 5.74) is 0. The van der Waals surface area contributed by atoms with Crippen molar-refractivity contribution < 1.29 is 13.2 Å². The van der Waals surface area contributed by atoms with Gasteiger partial charge in [-0.05, 0) is 30.5 Å². The quantitative estimate of drug-likeness (QED) is 0.934. The molecular formula is C12H11ClN2O3S2. The maximum Gasteiger partial charge on any atom is 0.281 e. The fourth-order valence-electron chi connectivity index (χ4n) is 1.46. The molecule has 106 valence electrons. The van der Waals surface area contributed by atoms with E-state index in [4.69, 9.17) is 11.6 Å². The van der Waals surface area contributed by atoms with Gasteiger partial charge in [0.15, 0.2) is 5.03 Å². The van der Waals surface area contributed by atoms with Crippen LogP contribution in [0.1, 0.15) is 17.7 Å². The number of pyridine rings is 1. The van der Waals surface area contributed by atoms with Crippen LogP contribution < -0.4 is 4.72 Å². The molecule has 1 atom stereocenters. The second kappa shape index (κ2) is 5.90. The van der Waals surface area contributed by atoms with E-state index in [-0.39, 0.29) is 5.03 Å². The van der Waals surface area contributed by atoms with E-state index in [9.17, 15) is 13.2 Å². The third-order valence-corrected chi connectivity index (χ3v) is 5.11. The molecule has 0 saturated heterocycles. The van der Waals surface area contributed by atoms with Crippen LogP contribution in [-0.4, -0.2) is 19.3 Å². The van der Waals surface area contributed by atoms with Crippen LogP contribution in [0, 0.1) is 0 Å². The number of nitrogens with zero attached hydrogens (tertiary/aromatic N) is 1. The zero-order valence-corrected chi connectivity index (χ0v) is 12.8.